The molecule has 0 unspecified atom stereocenters. The zero-order chi connectivity index (χ0) is 14.4. The summed E-state index contributed by atoms with van der Waals surface area (Å²) in [6.07, 6.45) is 1.52. The van der Waals surface area contributed by atoms with Gasteiger partial charge >= 0.3 is 0 Å². The van der Waals surface area contributed by atoms with E-state index in [1.54, 1.807) is 0 Å². The normalized spacial score (nSPS) is 13.8. The molecule has 100 valence electrons. The number of rotatable bonds is 1. The van der Waals surface area contributed by atoms with E-state index in [2.05, 4.69) is 43.4 Å². The Morgan fingerprint density at radius 1 is 1.15 bits per heavy atom. The van der Waals surface area contributed by atoms with Crippen molar-refractivity contribution in [3.63, 3.8) is 0 Å². The number of carbonyl (C=O) groups is 1. The second-order valence-corrected chi connectivity index (χ2v) is 6.08. The molecule has 20 heavy (non-hydrogen) atoms. The number of fused-ring (bicyclic) bond motifs is 1. The standard InChI is InChI=1S/C14H8Br2N2O2/c1-7-9-4-8(15)2-3-11(9)18(14(7)20)13-5-12(19)10(16)6-17-13/h2-6H,1H2,(H,17,19). The third-order valence-corrected chi connectivity index (χ3v) is 4.19. The summed E-state index contributed by atoms with van der Waals surface area (Å²) in [6, 6.07) is 6.88. The largest absolute Gasteiger partial charge is 0.346 e. The van der Waals surface area contributed by atoms with Gasteiger partial charge in [0.15, 0.2) is 5.43 Å². The maximum absolute atomic E-state index is 12.3. The Kier molecular flexibility index (Phi) is 3.14. The van der Waals surface area contributed by atoms with Crippen molar-refractivity contribution >= 4 is 54.8 Å². The van der Waals surface area contributed by atoms with Crippen LogP contribution in [0.5, 0.6) is 0 Å². The van der Waals surface area contributed by atoms with Gasteiger partial charge in [0.05, 0.1) is 10.2 Å². The molecule has 3 rings (SSSR count). The predicted octanol–water partition coefficient (Wildman–Crippen LogP) is 3.59. The van der Waals surface area contributed by atoms with Crippen LogP contribution in [0, 0.1) is 0 Å². The first-order valence-corrected chi connectivity index (χ1v) is 7.29. The number of benzene rings is 1. The van der Waals surface area contributed by atoms with Crippen molar-refractivity contribution in [2.75, 3.05) is 4.90 Å². The number of pyridine rings is 1. The van der Waals surface area contributed by atoms with Crippen LogP contribution in [0.2, 0.25) is 0 Å². The molecule has 4 nitrogen and oxygen atoms in total. The van der Waals surface area contributed by atoms with E-state index in [0.29, 0.717) is 21.6 Å². The Bertz CT molecular complexity index is 811. The Morgan fingerprint density at radius 3 is 2.60 bits per heavy atom. The molecule has 1 aromatic heterocycles. The van der Waals surface area contributed by atoms with E-state index >= 15 is 0 Å². The van der Waals surface area contributed by atoms with Crippen molar-refractivity contribution in [1.29, 1.82) is 0 Å². The van der Waals surface area contributed by atoms with Gasteiger partial charge in [0.2, 0.25) is 0 Å². The minimum absolute atomic E-state index is 0.192. The van der Waals surface area contributed by atoms with Gasteiger partial charge in [0.1, 0.15) is 5.82 Å². The summed E-state index contributed by atoms with van der Waals surface area (Å²) in [5, 5.41) is 0. The lowest BCUT2D eigenvalue weighted by Gasteiger charge is -2.16. The van der Waals surface area contributed by atoms with Gasteiger partial charge in [-0.25, -0.2) is 0 Å². The van der Waals surface area contributed by atoms with Gasteiger partial charge in [-0.05, 0) is 34.1 Å². The van der Waals surface area contributed by atoms with Crippen LogP contribution in [-0.2, 0) is 4.79 Å². The molecule has 0 saturated carbocycles. The quantitative estimate of drug-likeness (QED) is 0.750. The molecule has 2 aromatic rings. The van der Waals surface area contributed by atoms with Crippen molar-refractivity contribution in [2.24, 2.45) is 0 Å². The first kappa shape index (κ1) is 13.3. The molecular formula is C14H8Br2N2O2. The fourth-order valence-corrected chi connectivity index (χ4v) is 2.71. The summed E-state index contributed by atoms with van der Waals surface area (Å²) in [5.74, 6) is 0.182. The molecule has 0 aliphatic carbocycles. The smallest absolute Gasteiger partial charge is 0.264 e. The minimum Gasteiger partial charge on any atom is -0.346 e. The van der Waals surface area contributed by atoms with Crippen molar-refractivity contribution in [3.8, 4) is 0 Å². The monoisotopic (exact) mass is 394 g/mol. The zero-order valence-corrected chi connectivity index (χ0v) is 13.3. The molecule has 1 aliphatic heterocycles. The molecule has 1 aromatic carbocycles. The Hall–Kier alpha value is -1.66. The fourth-order valence-electron chi connectivity index (χ4n) is 2.12. The number of H-pyrrole nitrogens is 1. The van der Waals surface area contributed by atoms with E-state index in [-0.39, 0.29) is 11.3 Å². The Balaban J connectivity index is 2.20. The molecule has 0 fully saturated rings. The number of amides is 1. The van der Waals surface area contributed by atoms with E-state index in [1.165, 1.54) is 17.2 Å². The van der Waals surface area contributed by atoms with Gasteiger partial charge in [-0.3, -0.25) is 14.5 Å². The second kappa shape index (κ2) is 4.71. The second-order valence-electron chi connectivity index (χ2n) is 4.31. The highest BCUT2D eigenvalue weighted by Gasteiger charge is 2.32. The third-order valence-electron chi connectivity index (χ3n) is 3.08. The van der Waals surface area contributed by atoms with Crippen LogP contribution in [0.15, 0.2) is 50.8 Å². The highest BCUT2D eigenvalue weighted by Crippen LogP contribution is 2.40. The molecule has 1 aliphatic rings. The predicted molar refractivity (Wildman–Crippen MR) is 85.1 cm³/mol. The SMILES string of the molecule is C=C1C(=O)N(c2cc(=O)c(Br)c[nH]2)c2ccc(Br)cc21. The summed E-state index contributed by atoms with van der Waals surface area (Å²) < 4.78 is 1.29. The molecule has 6 heteroatoms. The highest BCUT2D eigenvalue weighted by molar-refractivity contribution is 9.10. The number of anilines is 2. The van der Waals surface area contributed by atoms with Crippen LogP contribution >= 0.6 is 31.9 Å². The minimum atomic E-state index is -0.240. The number of nitrogens with one attached hydrogen (secondary N) is 1. The fraction of sp³-hybridized carbons (Fsp3) is 0. The number of carbonyl (C=O) groups excluding carboxylic acids is 1. The number of hydrogen-bond acceptors (Lipinski definition) is 2. The molecule has 2 heterocycles. The molecule has 0 bridgehead atoms. The molecule has 0 saturated heterocycles. The van der Waals surface area contributed by atoms with Crippen molar-refractivity contribution in [1.82, 2.24) is 4.98 Å². The lowest BCUT2D eigenvalue weighted by atomic mass is 10.1. The molecule has 1 N–H and O–H groups in total. The van der Waals surface area contributed by atoms with E-state index < -0.39 is 0 Å². The lowest BCUT2D eigenvalue weighted by Crippen LogP contribution is -2.22. The average Bonchev–Trinajstić information content (AvgIpc) is 2.66. The zero-order valence-electron chi connectivity index (χ0n) is 10.1. The molecule has 0 radical (unpaired) electrons. The highest BCUT2D eigenvalue weighted by atomic mass is 79.9. The van der Waals surface area contributed by atoms with E-state index in [9.17, 15) is 9.59 Å². The first-order chi connectivity index (χ1) is 9.49. The topological polar surface area (TPSA) is 53.2 Å². The Labute approximate surface area is 131 Å². The molecule has 1 amide bonds. The maximum atomic E-state index is 12.3. The van der Waals surface area contributed by atoms with Gasteiger partial charge in [-0.2, -0.15) is 0 Å². The van der Waals surface area contributed by atoms with Crippen molar-refractivity contribution < 1.29 is 4.79 Å². The number of aromatic nitrogens is 1. The Morgan fingerprint density at radius 2 is 1.90 bits per heavy atom. The molecule has 0 atom stereocenters. The number of hydrogen-bond donors (Lipinski definition) is 1. The van der Waals surface area contributed by atoms with Crippen LogP contribution in [-0.4, -0.2) is 10.9 Å². The molecular weight excluding hydrogens is 388 g/mol. The summed E-state index contributed by atoms with van der Waals surface area (Å²) in [4.78, 5) is 28.5. The number of halogens is 2. The van der Waals surface area contributed by atoms with Gasteiger partial charge in [-0.15, -0.1) is 0 Å². The van der Waals surface area contributed by atoms with Crippen LogP contribution in [0.25, 0.3) is 5.57 Å². The van der Waals surface area contributed by atoms with Gasteiger partial charge in [0, 0.05) is 27.9 Å². The summed E-state index contributed by atoms with van der Waals surface area (Å²) in [5.41, 5.74) is 1.68. The molecule has 0 spiro atoms. The van der Waals surface area contributed by atoms with E-state index in [0.717, 1.165) is 10.0 Å². The van der Waals surface area contributed by atoms with Crippen LogP contribution in [0.3, 0.4) is 0 Å². The lowest BCUT2D eigenvalue weighted by molar-refractivity contribution is -0.112. The van der Waals surface area contributed by atoms with E-state index in [4.69, 9.17) is 0 Å². The average molecular weight is 396 g/mol. The number of aromatic amines is 1. The van der Waals surface area contributed by atoms with Crippen molar-refractivity contribution in [2.45, 2.75) is 0 Å². The summed E-state index contributed by atoms with van der Waals surface area (Å²) in [6.45, 7) is 3.82. The summed E-state index contributed by atoms with van der Waals surface area (Å²) >= 11 is 6.51. The van der Waals surface area contributed by atoms with Crippen LogP contribution < -0.4 is 10.3 Å². The maximum Gasteiger partial charge on any atom is 0.264 e. The van der Waals surface area contributed by atoms with Gasteiger partial charge in [-0.1, -0.05) is 22.5 Å². The summed E-state index contributed by atoms with van der Waals surface area (Å²) in [7, 11) is 0. The van der Waals surface area contributed by atoms with Crippen LogP contribution in [0.1, 0.15) is 5.56 Å². The first-order valence-electron chi connectivity index (χ1n) is 5.70. The van der Waals surface area contributed by atoms with Crippen molar-refractivity contribution in [3.05, 3.63) is 61.8 Å². The third kappa shape index (κ3) is 1.96. The van der Waals surface area contributed by atoms with Gasteiger partial charge < -0.3 is 4.98 Å². The number of nitrogens with zero attached hydrogens (tertiary/aromatic N) is 1. The van der Waals surface area contributed by atoms with Gasteiger partial charge in [0.25, 0.3) is 5.91 Å². The van der Waals surface area contributed by atoms with Crippen LogP contribution in [0.4, 0.5) is 11.5 Å². The van der Waals surface area contributed by atoms with E-state index in [1.807, 2.05) is 18.2 Å².